The van der Waals surface area contributed by atoms with Gasteiger partial charge < -0.3 is 14.9 Å². The molecule has 0 unspecified atom stereocenters. The van der Waals surface area contributed by atoms with Crippen LogP contribution in [-0.4, -0.2) is 70.2 Å². The fourth-order valence-corrected chi connectivity index (χ4v) is 3.20. The van der Waals surface area contributed by atoms with E-state index in [1.54, 1.807) is 19.2 Å². The number of ether oxygens (including phenoxy) is 1. The van der Waals surface area contributed by atoms with Gasteiger partial charge in [-0.15, -0.1) is 0 Å². The number of nitrogens with zero attached hydrogens (tertiary/aromatic N) is 3. The Bertz CT molecular complexity index is 899. The average Bonchev–Trinajstić information content (AvgIpc) is 2.76. The van der Waals surface area contributed by atoms with Crippen molar-refractivity contribution in [2.24, 2.45) is 0 Å². The maximum atomic E-state index is 11.1. The molecular formula is C21H25N3O7. The molecule has 1 aliphatic heterocycles. The van der Waals surface area contributed by atoms with Crippen molar-refractivity contribution in [2.45, 2.75) is 13.1 Å². The van der Waals surface area contributed by atoms with Gasteiger partial charge in [-0.25, -0.2) is 9.59 Å². The van der Waals surface area contributed by atoms with Crippen molar-refractivity contribution in [1.82, 2.24) is 9.80 Å². The number of methoxy groups -OCH3 is 1. The third-order valence-corrected chi connectivity index (χ3v) is 4.77. The van der Waals surface area contributed by atoms with E-state index >= 15 is 0 Å². The molecule has 2 aromatic rings. The van der Waals surface area contributed by atoms with Crippen molar-refractivity contribution in [3.8, 4) is 5.75 Å². The zero-order valence-corrected chi connectivity index (χ0v) is 17.1. The van der Waals surface area contributed by atoms with Gasteiger partial charge in [-0.3, -0.25) is 19.9 Å². The molecule has 3 rings (SSSR count). The first kappa shape index (κ1) is 23.8. The molecule has 0 spiro atoms. The van der Waals surface area contributed by atoms with Gasteiger partial charge in [-0.1, -0.05) is 30.3 Å². The molecule has 2 aromatic carbocycles. The molecule has 0 bridgehead atoms. The van der Waals surface area contributed by atoms with Crippen molar-refractivity contribution in [3.05, 3.63) is 69.8 Å². The number of hydrogen-bond acceptors (Lipinski definition) is 7. The highest BCUT2D eigenvalue weighted by atomic mass is 16.6. The van der Waals surface area contributed by atoms with Crippen molar-refractivity contribution < 1.29 is 29.5 Å². The number of benzene rings is 2. The average molecular weight is 431 g/mol. The third-order valence-electron chi connectivity index (χ3n) is 4.77. The minimum atomic E-state index is -1.82. The Morgan fingerprint density at radius 1 is 0.968 bits per heavy atom. The molecule has 0 aliphatic carbocycles. The fourth-order valence-electron chi connectivity index (χ4n) is 3.20. The highest BCUT2D eigenvalue weighted by Gasteiger charge is 2.20. The summed E-state index contributed by atoms with van der Waals surface area (Å²) in [6, 6.07) is 15.2. The first-order valence-corrected chi connectivity index (χ1v) is 9.56. The first-order valence-electron chi connectivity index (χ1n) is 9.56. The van der Waals surface area contributed by atoms with E-state index in [2.05, 4.69) is 21.9 Å². The largest absolute Gasteiger partial charge is 0.497 e. The van der Waals surface area contributed by atoms with Crippen molar-refractivity contribution in [2.75, 3.05) is 33.3 Å². The topological polar surface area (TPSA) is 133 Å². The van der Waals surface area contributed by atoms with Gasteiger partial charge >= 0.3 is 11.9 Å². The van der Waals surface area contributed by atoms with Crippen LogP contribution in [0, 0.1) is 10.1 Å². The maximum Gasteiger partial charge on any atom is 0.414 e. The molecule has 0 aromatic heterocycles. The van der Waals surface area contributed by atoms with Crippen LogP contribution in [-0.2, 0) is 22.7 Å². The number of carboxylic acids is 2. The molecule has 31 heavy (non-hydrogen) atoms. The van der Waals surface area contributed by atoms with E-state index in [9.17, 15) is 10.1 Å². The normalized spacial score (nSPS) is 14.2. The Labute approximate surface area is 179 Å². The molecule has 1 saturated heterocycles. The Hall–Kier alpha value is -3.50. The van der Waals surface area contributed by atoms with Gasteiger partial charge in [0.1, 0.15) is 5.75 Å². The fraction of sp³-hybridized carbons (Fsp3) is 0.333. The zero-order chi connectivity index (χ0) is 22.8. The Kier molecular flexibility index (Phi) is 8.92. The summed E-state index contributed by atoms with van der Waals surface area (Å²) < 4.78 is 5.28. The van der Waals surface area contributed by atoms with Crippen molar-refractivity contribution in [1.29, 1.82) is 0 Å². The van der Waals surface area contributed by atoms with Crippen molar-refractivity contribution in [3.63, 3.8) is 0 Å². The highest BCUT2D eigenvalue weighted by Crippen LogP contribution is 2.21. The summed E-state index contributed by atoms with van der Waals surface area (Å²) in [7, 11) is 1.68. The lowest BCUT2D eigenvalue weighted by Crippen LogP contribution is -2.45. The predicted octanol–water partition coefficient (Wildman–Crippen LogP) is 2.08. The Balaban J connectivity index is 0.000000501. The lowest BCUT2D eigenvalue weighted by Gasteiger charge is -2.34. The van der Waals surface area contributed by atoms with E-state index in [-0.39, 0.29) is 10.6 Å². The molecule has 0 amide bonds. The number of carboxylic acid groups (broad SMARTS) is 2. The first-order chi connectivity index (χ1) is 14.8. The number of aliphatic carboxylic acids is 2. The van der Waals surface area contributed by atoms with Gasteiger partial charge in [0.25, 0.3) is 5.69 Å². The molecule has 1 heterocycles. The van der Waals surface area contributed by atoms with Gasteiger partial charge in [0.15, 0.2) is 0 Å². The summed E-state index contributed by atoms with van der Waals surface area (Å²) >= 11 is 0. The molecular weight excluding hydrogens is 406 g/mol. The number of nitro benzene ring substituents is 1. The zero-order valence-electron chi connectivity index (χ0n) is 17.1. The summed E-state index contributed by atoms with van der Waals surface area (Å²) in [5.41, 5.74) is 2.24. The van der Waals surface area contributed by atoms with Crippen LogP contribution in [0.2, 0.25) is 0 Å². The molecule has 2 N–H and O–H groups in total. The molecule has 10 nitrogen and oxygen atoms in total. The molecule has 0 atom stereocenters. The summed E-state index contributed by atoms with van der Waals surface area (Å²) in [4.78, 5) is 33.7. The second-order valence-electron chi connectivity index (χ2n) is 6.90. The van der Waals surface area contributed by atoms with Crippen LogP contribution in [0.3, 0.4) is 0 Å². The van der Waals surface area contributed by atoms with Crippen LogP contribution in [0.1, 0.15) is 11.1 Å². The van der Waals surface area contributed by atoms with Gasteiger partial charge in [-0.2, -0.15) is 0 Å². The molecule has 0 saturated carbocycles. The SMILES string of the molecule is COc1cccc(CN2CCN(Cc3ccccc3[N+](=O)[O-])CC2)c1.O=C(O)C(=O)O. The minimum absolute atomic E-state index is 0.210. The molecule has 1 aliphatic rings. The van der Waals surface area contributed by atoms with Crippen LogP contribution >= 0.6 is 0 Å². The van der Waals surface area contributed by atoms with Gasteiger partial charge in [0, 0.05) is 50.9 Å². The monoisotopic (exact) mass is 431 g/mol. The Morgan fingerprint density at radius 2 is 1.55 bits per heavy atom. The van der Waals surface area contributed by atoms with Gasteiger partial charge in [0.2, 0.25) is 0 Å². The second kappa shape index (κ2) is 11.6. The van der Waals surface area contributed by atoms with E-state index in [4.69, 9.17) is 24.5 Å². The Morgan fingerprint density at radius 3 is 2.10 bits per heavy atom. The van der Waals surface area contributed by atoms with Crippen LogP contribution in [0.4, 0.5) is 5.69 Å². The number of nitro groups is 1. The van der Waals surface area contributed by atoms with E-state index in [1.807, 2.05) is 24.3 Å². The summed E-state index contributed by atoms with van der Waals surface area (Å²) in [6.07, 6.45) is 0. The molecule has 166 valence electrons. The maximum absolute atomic E-state index is 11.1. The molecule has 10 heteroatoms. The van der Waals surface area contributed by atoms with E-state index < -0.39 is 11.9 Å². The highest BCUT2D eigenvalue weighted by molar-refractivity contribution is 6.27. The van der Waals surface area contributed by atoms with E-state index in [0.29, 0.717) is 6.54 Å². The number of para-hydroxylation sites is 1. The van der Waals surface area contributed by atoms with Crippen LogP contribution in [0.5, 0.6) is 5.75 Å². The van der Waals surface area contributed by atoms with Gasteiger partial charge in [-0.05, 0) is 17.7 Å². The summed E-state index contributed by atoms with van der Waals surface area (Å²) in [5.74, 6) is -2.77. The standard InChI is InChI=1S/C19H23N3O3.C2H2O4/c1-25-18-7-4-5-16(13-18)14-20-9-11-21(12-10-20)15-17-6-2-3-8-19(17)22(23)24;3-1(4)2(5)6/h2-8,13H,9-12,14-15H2,1H3;(H,3,4)(H,5,6). The number of carbonyl (C=O) groups is 2. The van der Waals surface area contributed by atoms with Crippen LogP contribution in [0.25, 0.3) is 0 Å². The van der Waals surface area contributed by atoms with Gasteiger partial charge in [0.05, 0.1) is 12.0 Å². The van der Waals surface area contributed by atoms with E-state index in [0.717, 1.165) is 44.0 Å². The minimum Gasteiger partial charge on any atom is -0.497 e. The predicted molar refractivity (Wildman–Crippen MR) is 112 cm³/mol. The second-order valence-corrected chi connectivity index (χ2v) is 6.90. The molecule has 1 fully saturated rings. The van der Waals surface area contributed by atoms with E-state index in [1.165, 1.54) is 5.56 Å². The molecule has 0 radical (unpaired) electrons. The van der Waals surface area contributed by atoms with Crippen LogP contribution < -0.4 is 4.74 Å². The summed E-state index contributed by atoms with van der Waals surface area (Å²) in [5, 5.41) is 25.9. The summed E-state index contributed by atoms with van der Waals surface area (Å²) in [6.45, 7) is 5.27. The number of rotatable bonds is 6. The smallest absolute Gasteiger partial charge is 0.414 e. The number of hydrogen-bond donors (Lipinski definition) is 2. The van der Waals surface area contributed by atoms with Crippen LogP contribution in [0.15, 0.2) is 48.5 Å². The van der Waals surface area contributed by atoms with Crippen molar-refractivity contribution >= 4 is 17.6 Å². The lowest BCUT2D eigenvalue weighted by molar-refractivity contribution is -0.385. The quantitative estimate of drug-likeness (QED) is 0.400. The third kappa shape index (κ3) is 7.68. The number of piperazine rings is 1. The lowest BCUT2D eigenvalue weighted by atomic mass is 10.1.